The van der Waals surface area contributed by atoms with Gasteiger partial charge < -0.3 is 15.2 Å². The SMILES string of the molecule is CCC1OCCC1C(N)c1cc(C)c(OC)cc1C. The fraction of sp³-hybridized carbons (Fsp3) is 0.625. The minimum atomic E-state index is 0.0528. The molecule has 1 aliphatic heterocycles. The second kappa shape index (κ2) is 5.93. The Morgan fingerprint density at radius 1 is 1.37 bits per heavy atom. The number of benzene rings is 1. The zero-order valence-corrected chi connectivity index (χ0v) is 12.4. The molecule has 1 fully saturated rings. The van der Waals surface area contributed by atoms with E-state index in [1.54, 1.807) is 7.11 Å². The first-order valence-corrected chi connectivity index (χ1v) is 7.10. The van der Waals surface area contributed by atoms with Gasteiger partial charge in [0.15, 0.2) is 0 Å². The van der Waals surface area contributed by atoms with E-state index < -0.39 is 0 Å². The topological polar surface area (TPSA) is 44.5 Å². The third-order valence-electron chi connectivity index (χ3n) is 4.27. The van der Waals surface area contributed by atoms with E-state index >= 15 is 0 Å². The van der Waals surface area contributed by atoms with Crippen LogP contribution in [0.15, 0.2) is 12.1 Å². The Hall–Kier alpha value is -1.06. The lowest BCUT2D eigenvalue weighted by atomic mass is 9.85. The van der Waals surface area contributed by atoms with E-state index in [1.807, 2.05) is 0 Å². The highest BCUT2D eigenvalue weighted by molar-refractivity contribution is 5.43. The van der Waals surface area contributed by atoms with Gasteiger partial charge in [0.2, 0.25) is 0 Å². The molecule has 0 amide bonds. The molecule has 1 heterocycles. The molecule has 1 aromatic rings. The number of methoxy groups -OCH3 is 1. The predicted octanol–water partition coefficient (Wildman–Crippen LogP) is 3.13. The molecule has 3 atom stereocenters. The van der Waals surface area contributed by atoms with E-state index in [0.29, 0.717) is 12.0 Å². The van der Waals surface area contributed by atoms with E-state index in [-0.39, 0.29) is 6.04 Å². The third-order valence-corrected chi connectivity index (χ3v) is 4.27. The number of hydrogen-bond donors (Lipinski definition) is 1. The van der Waals surface area contributed by atoms with Gasteiger partial charge in [0.05, 0.1) is 13.2 Å². The molecule has 0 aromatic heterocycles. The quantitative estimate of drug-likeness (QED) is 0.907. The molecule has 0 aliphatic carbocycles. The van der Waals surface area contributed by atoms with Gasteiger partial charge >= 0.3 is 0 Å². The van der Waals surface area contributed by atoms with Gasteiger partial charge in [0, 0.05) is 18.6 Å². The zero-order chi connectivity index (χ0) is 14.0. The standard InChI is InChI=1S/C16H25NO2/c1-5-14-12(6-7-19-14)16(17)13-8-11(3)15(18-4)9-10(13)2/h8-9,12,14,16H,5-7,17H2,1-4H3. The van der Waals surface area contributed by atoms with E-state index in [9.17, 15) is 0 Å². The summed E-state index contributed by atoms with van der Waals surface area (Å²) in [5.41, 5.74) is 10.1. The maximum absolute atomic E-state index is 6.51. The van der Waals surface area contributed by atoms with Gasteiger partial charge in [-0.05, 0) is 49.4 Å². The molecule has 1 saturated heterocycles. The monoisotopic (exact) mass is 263 g/mol. The van der Waals surface area contributed by atoms with Crippen LogP contribution in [0.4, 0.5) is 0 Å². The van der Waals surface area contributed by atoms with Gasteiger partial charge in [0.1, 0.15) is 5.75 Å². The smallest absolute Gasteiger partial charge is 0.122 e. The van der Waals surface area contributed by atoms with Gasteiger partial charge in [-0.15, -0.1) is 0 Å². The Bertz CT molecular complexity index is 445. The van der Waals surface area contributed by atoms with Crippen molar-refractivity contribution < 1.29 is 9.47 Å². The molecule has 1 aromatic carbocycles. The van der Waals surface area contributed by atoms with Crippen LogP contribution in [-0.2, 0) is 4.74 Å². The summed E-state index contributed by atoms with van der Waals surface area (Å²) in [6, 6.07) is 4.31. The summed E-state index contributed by atoms with van der Waals surface area (Å²) >= 11 is 0. The van der Waals surface area contributed by atoms with E-state index in [0.717, 1.165) is 30.8 Å². The molecule has 0 bridgehead atoms. The highest BCUT2D eigenvalue weighted by atomic mass is 16.5. The Morgan fingerprint density at radius 3 is 2.74 bits per heavy atom. The van der Waals surface area contributed by atoms with Crippen LogP contribution in [0.25, 0.3) is 0 Å². The second-order valence-corrected chi connectivity index (χ2v) is 5.47. The Morgan fingerprint density at radius 2 is 2.11 bits per heavy atom. The van der Waals surface area contributed by atoms with E-state index in [4.69, 9.17) is 15.2 Å². The van der Waals surface area contributed by atoms with Crippen molar-refractivity contribution in [2.75, 3.05) is 13.7 Å². The number of ether oxygens (including phenoxy) is 2. The minimum absolute atomic E-state index is 0.0528. The minimum Gasteiger partial charge on any atom is -0.496 e. The fourth-order valence-electron chi connectivity index (χ4n) is 3.12. The second-order valence-electron chi connectivity index (χ2n) is 5.47. The summed E-state index contributed by atoms with van der Waals surface area (Å²) in [5.74, 6) is 1.36. The van der Waals surface area contributed by atoms with E-state index in [2.05, 4.69) is 32.9 Å². The van der Waals surface area contributed by atoms with Crippen molar-refractivity contribution in [1.82, 2.24) is 0 Å². The lowest BCUT2D eigenvalue weighted by molar-refractivity contribution is 0.0813. The lowest BCUT2D eigenvalue weighted by Crippen LogP contribution is -2.28. The summed E-state index contributed by atoms with van der Waals surface area (Å²) in [5, 5.41) is 0. The summed E-state index contributed by atoms with van der Waals surface area (Å²) in [6.45, 7) is 7.18. The van der Waals surface area contributed by atoms with Crippen LogP contribution in [0, 0.1) is 19.8 Å². The molecule has 2 N–H and O–H groups in total. The largest absolute Gasteiger partial charge is 0.496 e. The maximum atomic E-state index is 6.51. The molecule has 0 radical (unpaired) electrons. The van der Waals surface area contributed by atoms with Gasteiger partial charge in [-0.3, -0.25) is 0 Å². The molecule has 2 rings (SSSR count). The molecular weight excluding hydrogens is 238 g/mol. The van der Waals surface area contributed by atoms with Crippen molar-refractivity contribution in [1.29, 1.82) is 0 Å². The van der Waals surface area contributed by atoms with Gasteiger partial charge in [-0.1, -0.05) is 13.0 Å². The molecular formula is C16H25NO2. The summed E-state index contributed by atoms with van der Waals surface area (Å²) in [6.07, 6.45) is 2.40. The van der Waals surface area contributed by atoms with Gasteiger partial charge in [-0.2, -0.15) is 0 Å². The van der Waals surface area contributed by atoms with Gasteiger partial charge in [-0.25, -0.2) is 0 Å². The van der Waals surface area contributed by atoms with Crippen molar-refractivity contribution in [3.63, 3.8) is 0 Å². The van der Waals surface area contributed by atoms with Crippen molar-refractivity contribution in [3.05, 3.63) is 28.8 Å². The number of nitrogens with two attached hydrogens (primary N) is 1. The molecule has 106 valence electrons. The molecule has 3 nitrogen and oxygen atoms in total. The lowest BCUT2D eigenvalue weighted by Gasteiger charge is -2.26. The summed E-state index contributed by atoms with van der Waals surface area (Å²) in [7, 11) is 1.71. The molecule has 19 heavy (non-hydrogen) atoms. The highest BCUT2D eigenvalue weighted by Crippen LogP contribution is 2.36. The van der Waals surface area contributed by atoms with Crippen molar-refractivity contribution in [2.45, 2.75) is 45.8 Å². The normalized spacial score (nSPS) is 24.5. The highest BCUT2D eigenvalue weighted by Gasteiger charge is 2.33. The zero-order valence-electron chi connectivity index (χ0n) is 12.4. The van der Waals surface area contributed by atoms with Crippen LogP contribution in [-0.4, -0.2) is 19.8 Å². The Balaban J connectivity index is 2.28. The maximum Gasteiger partial charge on any atom is 0.122 e. The van der Waals surface area contributed by atoms with Crippen LogP contribution >= 0.6 is 0 Å². The molecule has 1 aliphatic rings. The van der Waals surface area contributed by atoms with Gasteiger partial charge in [0.25, 0.3) is 0 Å². The number of aryl methyl sites for hydroxylation is 2. The molecule has 0 spiro atoms. The Labute approximate surface area is 116 Å². The van der Waals surface area contributed by atoms with Crippen molar-refractivity contribution >= 4 is 0 Å². The summed E-state index contributed by atoms with van der Waals surface area (Å²) < 4.78 is 11.1. The summed E-state index contributed by atoms with van der Waals surface area (Å²) in [4.78, 5) is 0. The molecule has 3 unspecified atom stereocenters. The van der Waals surface area contributed by atoms with Crippen LogP contribution in [0.5, 0.6) is 5.75 Å². The first-order chi connectivity index (χ1) is 9.08. The van der Waals surface area contributed by atoms with Crippen LogP contribution in [0.2, 0.25) is 0 Å². The van der Waals surface area contributed by atoms with Crippen molar-refractivity contribution in [3.8, 4) is 5.75 Å². The average Bonchev–Trinajstić information content (AvgIpc) is 2.88. The van der Waals surface area contributed by atoms with E-state index in [1.165, 1.54) is 11.1 Å². The fourth-order valence-corrected chi connectivity index (χ4v) is 3.12. The molecule has 3 heteroatoms. The van der Waals surface area contributed by atoms with Crippen LogP contribution in [0.3, 0.4) is 0 Å². The Kier molecular flexibility index (Phi) is 4.48. The van der Waals surface area contributed by atoms with Crippen LogP contribution in [0.1, 0.15) is 42.5 Å². The number of rotatable bonds is 4. The van der Waals surface area contributed by atoms with Crippen LogP contribution < -0.4 is 10.5 Å². The first-order valence-electron chi connectivity index (χ1n) is 7.10. The van der Waals surface area contributed by atoms with Crippen molar-refractivity contribution in [2.24, 2.45) is 11.7 Å². The predicted molar refractivity (Wildman–Crippen MR) is 77.5 cm³/mol. The average molecular weight is 263 g/mol. The molecule has 0 saturated carbocycles. The third kappa shape index (κ3) is 2.77. The number of hydrogen-bond acceptors (Lipinski definition) is 3. The first kappa shape index (κ1) is 14.4.